The quantitative estimate of drug-likeness (QED) is 0.594. The van der Waals surface area contributed by atoms with Gasteiger partial charge in [-0.15, -0.1) is 0 Å². The number of hydrogen-bond acceptors (Lipinski definition) is 5. The van der Waals surface area contributed by atoms with Crippen molar-refractivity contribution in [2.24, 2.45) is 0 Å². The third kappa shape index (κ3) is 9.41. The van der Waals surface area contributed by atoms with Gasteiger partial charge in [0.2, 0.25) is 0 Å². The van der Waals surface area contributed by atoms with E-state index in [0.717, 1.165) is 25.2 Å². The Hall–Kier alpha value is -1.15. The van der Waals surface area contributed by atoms with Gasteiger partial charge >= 0.3 is 0 Å². The molecule has 6 nitrogen and oxygen atoms in total. The number of unbranched alkanes of at least 4 members (excludes halogenated alkanes) is 1. The van der Waals surface area contributed by atoms with Crippen LogP contribution in [0.15, 0.2) is 30.3 Å². The van der Waals surface area contributed by atoms with Gasteiger partial charge in [0.1, 0.15) is 0 Å². The molecule has 0 heterocycles. The fourth-order valence-electron chi connectivity index (χ4n) is 1.54. The van der Waals surface area contributed by atoms with E-state index in [4.69, 9.17) is 4.55 Å². The number of nitrogens with zero attached hydrogens (tertiary/aromatic N) is 2. The van der Waals surface area contributed by atoms with Crippen molar-refractivity contribution in [2.45, 2.75) is 33.6 Å². The van der Waals surface area contributed by atoms with E-state index in [0.29, 0.717) is 6.42 Å². The van der Waals surface area contributed by atoms with Crippen LogP contribution in [0.3, 0.4) is 0 Å². The van der Waals surface area contributed by atoms with Crippen molar-refractivity contribution in [1.29, 1.82) is 0 Å². The molecule has 0 saturated carbocycles. The van der Waals surface area contributed by atoms with E-state index < -0.39 is 10.1 Å². The molecule has 21 heavy (non-hydrogen) atoms. The normalized spacial score (nSPS) is 11.0. The Kier molecular flexibility index (Phi) is 9.98. The first-order valence-electron chi connectivity index (χ1n) is 7.09. The maximum absolute atomic E-state index is 9.95. The maximum atomic E-state index is 9.95. The predicted octanol–water partition coefficient (Wildman–Crippen LogP) is 2.81. The molecular formula is C14H26N2O4S. The fraction of sp³-hybridized carbons (Fsp3) is 0.571. The molecule has 0 aliphatic rings. The molecule has 0 aromatic heterocycles. The van der Waals surface area contributed by atoms with Gasteiger partial charge in [-0.25, -0.2) is 0 Å². The van der Waals surface area contributed by atoms with Crippen LogP contribution in [-0.4, -0.2) is 42.0 Å². The molecule has 0 amide bonds. The number of anilines is 1. The molecule has 1 aromatic carbocycles. The van der Waals surface area contributed by atoms with Crippen LogP contribution in [0.1, 0.15) is 33.6 Å². The Morgan fingerprint density at radius 2 is 1.57 bits per heavy atom. The SMILES string of the molecule is CCCCS(=O)(=O)O.CCN(CC)N(O)c1ccccc1. The summed E-state index contributed by atoms with van der Waals surface area (Å²) in [5.41, 5.74) is 0.797. The Balaban J connectivity index is 0.000000433. The Labute approximate surface area is 127 Å². The van der Waals surface area contributed by atoms with Gasteiger partial charge < -0.3 is 0 Å². The van der Waals surface area contributed by atoms with E-state index in [-0.39, 0.29) is 5.75 Å². The smallest absolute Gasteiger partial charge is 0.264 e. The lowest BCUT2D eigenvalue weighted by Crippen LogP contribution is -2.40. The molecule has 1 rings (SSSR count). The van der Waals surface area contributed by atoms with Crippen molar-refractivity contribution in [3.8, 4) is 0 Å². The van der Waals surface area contributed by atoms with Crippen LogP contribution >= 0.6 is 0 Å². The van der Waals surface area contributed by atoms with Gasteiger partial charge in [-0.3, -0.25) is 9.76 Å². The zero-order chi connectivity index (χ0) is 16.3. The van der Waals surface area contributed by atoms with Gasteiger partial charge in [0.25, 0.3) is 10.1 Å². The second-order valence-corrected chi connectivity index (χ2v) is 5.98. The van der Waals surface area contributed by atoms with Crippen LogP contribution < -0.4 is 5.17 Å². The van der Waals surface area contributed by atoms with Crippen LogP contribution in [0.5, 0.6) is 0 Å². The van der Waals surface area contributed by atoms with Crippen LogP contribution in [-0.2, 0) is 10.1 Å². The van der Waals surface area contributed by atoms with Gasteiger partial charge in [-0.1, -0.05) is 45.4 Å². The highest BCUT2D eigenvalue weighted by molar-refractivity contribution is 7.85. The summed E-state index contributed by atoms with van der Waals surface area (Å²) in [6.45, 7) is 7.47. The number of hydrogen-bond donors (Lipinski definition) is 2. The molecule has 0 saturated heterocycles. The molecular weight excluding hydrogens is 292 g/mol. The first kappa shape index (κ1) is 19.9. The van der Waals surface area contributed by atoms with Crippen molar-refractivity contribution < 1.29 is 18.2 Å². The van der Waals surface area contributed by atoms with Gasteiger partial charge in [0.15, 0.2) is 0 Å². The van der Waals surface area contributed by atoms with Gasteiger partial charge in [-0.05, 0) is 18.6 Å². The molecule has 2 N–H and O–H groups in total. The summed E-state index contributed by atoms with van der Waals surface area (Å²) < 4.78 is 28.0. The maximum Gasteiger partial charge on any atom is 0.264 e. The summed E-state index contributed by atoms with van der Waals surface area (Å²) in [5, 5.41) is 12.8. The first-order chi connectivity index (χ1) is 9.85. The molecule has 0 bridgehead atoms. The molecule has 1 aromatic rings. The predicted molar refractivity (Wildman–Crippen MR) is 85.0 cm³/mol. The van der Waals surface area contributed by atoms with Crippen LogP contribution in [0, 0.1) is 0 Å². The molecule has 122 valence electrons. The summed E-state index contributed by atoms with van der Waals surface area (Å²) >= 11 is 0. The zero-order valence-electron chi connectivity index (χ0n) is 12.9. The highest BCUT2D eigenvalue weighted by Crippen LogP contribution is 2.12. The van der Waals surface area contributed by atoms with Crippen molar-refractivity contribution in [1.82, 2.24) is 5.01 Å². The summed E-state index contributed by atoms with van der Waals surface area (Å²) in [6.07, 6.45) is 1.33. The molecule has 0 unspecified atom stereocenters. The lowest BCUT2D eigenvalue weighted by Gasteiger charge is -2.28. The zero-order valence-corrected chi connectivity index (χ0v) is 13.8. The van der Waals surface area contributed by atoms with Crippen molar-refractivity contribution in [2.75, 3.05) is 24.0 Å². The third-order valence-corrected chi connectivity index (χ3v) is 3.55. The number of benzene rings is 1. The highest BCUT2D eigenvalue weighted by atomic mass is 32.2. The van der Waals surface area contributed by atoms with E-state index in [1.807, 2.05) is 56.1 Å². The molecule has 0 aliphatic carbocycles. The topological polar surface area (TPSA) is 81.1 Å². The monoisotopic (exact) mass is 318 g/mol. The molecule has 0 aliphatic heterocycles. The van der Waals surface area contributed by atoms with Crippen molar-refractivity contribution >= 4 is 15.8 Å². The first-order valence-corrected chi connectivity index (χ1v) is 8.70. The summed E-state index contributed by atoms with van der Waals surface area (Å²) in [7, 11) is -3.69. The average molecular weight is 318 g/mol. The largest absolute Gasteiger partial charge is 0.286 e. The second kappa shape index (κ2) is 10.6. The number of hydrazine groups is 1. The Morgan fingerprint density at radius 1 is 1.05 bits per heavy atom. The van der Waals surface area contributed by atoms with Gasteiger partial charge in [-0.2, -0.15) is 18.6 Å². The Morgan fingerprint density at radius 3 is 1.90 bits per heavy atom. The molecule has 0 radical (unpaired) electrons. The molecule has 0 fully saturated rings. The fourth-order valence-corrected chi connectivity index (χ4v) is 2.20. The summed E-state index contributed by atoms with van der Waals surface area (Å²) in [5.74, 6) is -0.108. The Bertz CT molecular complexity index is 461. The van der Waals surface area contributed by atoms with Crippen molar-refractivity contribution in [3.63, 3.8) is 0 Å². The minimum atomic E-state index is -3.69. The second-order valence-electron chi connectivity index (χ2n) is 4.40. The van der Waals surface area contributed by atoms with Crippen molar-refractivity contribution in [3.05, 3.63) is 30.3 Å². The molecule has 7 heteroatoms. The van der Waals surface area contributed by atoms with Crippen LogP contribution in [0.2, 0.25) is 0 Å². The highest BCUT2D eigenvalue weighted by Gasteiger charge is 2.08. The van der Waals surface area contributed by atoms with E-state index in [1.54, 1.807) is 0 Å². The van der Waals surface area contributed by atoms with Gasteiger partial charge in [0.05, 0.1) is 11.4 Å². The summed E-state index contributed by atoms with van der Waals surface area (Å²) in [4.78, 5) is 0. The lowest BCUT2D eigenvalue weighted by atomic mass is 10.3. The average Bonchev–Trinajstić information content (AvgIpc) is 2.47. The van der Waals surface area contributed by atoms with Gasteiger partial charge in [0, 0.05) is 13.1 Å². The van der Waals surface area contributed by atoms with E-state index in [2.05, 4.69) is 0 Å². The van der Waals surface area contributed by atoms with E-state index in [9.17, 15) is 13.6 Å². The molecule has 0 atom stereocenters. The van der Waals surface area contributed by atoms with E-state index >= 15 is 0 Å². The minimum absolute atomic E-state index is 0.108. The van der Waals surface area contributed by atoms with E-state index in [1.165, 1.54) is 5.17 Å². The third-order valence-electron chi connectivity index (χ3n) is 2.74. The number of rotatable bonds is 7. The number of para-hydroxylation sites is 1. The van der Waals surface area contributed by atoms with Crippen LogP contribution in [0.4, 0.5) is 5.69 Å². The minimum Gasteiger partial charge on any atom is -0.286 e. The van der Waals surface area contributed by atoms with Crippen LogP contribution in [0.25, 0.3) is 0 Å². The summed E-state index contributed by atoms with van der Waals surface area (Å²) in [6, 6.07) is 9.49. The molecule has 0 spiro atoms. The lowest BCUT2D eigenvalue weighted by molar-refractivity contribution is 0.0744. The standard InChI is InChI=1S/C10H16N2O.C4H10O3S/c1-3-11(4-2)12(13)10-8-6-5-7-9-10;1-2-3-4-8(5,6)7/h5-9,13H,3-4H2,1-2H3;2-4H2,1H3,(H,5,6,7).